The summed E-state index contributed by atoms with van der Waals surface area (Å²) in [5.74, 6) is -0.501. The van der Waals surface area contributed by atoms with E-state index in [0.29, 0.717) is 12.2 Å². The number of nitrogens with two attached hydrogens (primary N) is 1. The molecule has 0 aromatic carbocycles. The first-order valence-electron chi connectivity index (χ1n) is 6.17. The van der Waals surface area contributed by atoms with Gasteiger partial charge in [-0.15, -0.1) is 0 Å². The third-order valence-electron chi connectivity index (χ3n) is 3.32. The SMILES string of the molecule is Cn1cc(-c2cc(C(N)=O)nc3c2CCNC3)cn1. The number of primary amides is 1. The Morgan fingerprint density at radius 2 is 2.37 bits per heavy atom. The van der Waals surface area contributed by atoms with E-state index in [0.717, 1.165) is 29.8 Å². The molecule has 6 nitrogen and oxygen atoms in total. The van der Waals surface area contributed by atoms with E-state index in [4.69, 9.17) is 5.73 Å². The Labute approximate surface area is 110 Å². The molecule has 98 valence electrons. The highest BCUT2D eigenvalue weighted by Crippen LogP contribution is 2.28. The molecule has 3 N–H and O–H groups in total. The fourth-order valence-corrected chi connectivity index (χ4v) is 2.41. The molecule has 0 fully saturated rings. The molecule has 0 bridgehead atoms. The number of fused-ring (bicyclic) bond motifs is 1. The summed E-state index contributed by atoms with van der Waals surface area (Å²) in [5, 5.41) is 7.44. The summed E-state index contributed by atoms with van der Waals surface area (Å²) >= 11 is 0. The molecule has 2 aromatic rings. The summed E-state index contributed by atoms with van der Waals surface area (Å²) < 4.78 is 1.74. The Morgan fingerprint density at radius 1 is 1.53 bits per heavy atom. The van der Waals surface area contributed by atoms with Gasteiger partial charge in [-0.3, -0.25) is 9.48 Å². The van der Waals surface area contributed by atoms with Crippen LogP contribution in [-0.2, 0) is 20.0 Å². The Hall–Kier alpha value is -2.21. The minimum Gasteiger partial charge on any atom is -0.364 e. The normalized spacial score (nSPS) is 14.2. The molecule has 0 spiro atoms. The quantitative estimate of drug-likeness (QED) is 0.806. The Morgan fingerprint density at radius 3 is 3.05 bits per heavy atom. The van der Waals surface area contributed by atoms with Gasteiger partial charge in [0.25, 0.3) is 5.91 Å². The summed E-state index contributed by atoms with van der Waals surface area (Å²) in [6.45, 7) is 1.58. The van der Waals surface area contributed by atoms with Crippen LogP contribution >= 0.6 is 0 Å². The molecule has 6 heteroatoms. The van der Waals surface area contributed by atoms with Crippen LogP contribution < -0.4 is 11.1 Å². The van der Waals surface area contributed by atoms with E-state index in [1.54, 1.807) is 16.9 Å². The van der Waals surface area contributed by atoms with Crippen LogP contribution in [0.2, 0.25) is 0 Å². The van der Waals surface area contributed by atoms with Crippen molar-refractivity contribution in [1.29, 1.82) is 0 Å². The standard InChI is InChI=1S/C13H15N5O/c1-18-7-8(5-16-18)10-4-11(13(14)19)17-12-6-15-3-2-9(10)12/h4-5,7,15H,2-3,6H2,1H3,(H2,14,19). The van der Waals surface area contributed by atoms with Gasteiger partial charge in [-0.2, -0.15) is 5.10 Å². The van der Waals surface area contributed by atoms with E-state index in [1.807, 2.05) is 13.2 Å². The van der Waals surface area contributed by atoms with Gasteiger partial charge in [0.2, 0.25) is 0 Å². The van der Waals surface area contributed by atoms with Gasteiger partial charge in [0.05, 0.1) is 11.9 Å². The maximum absolute atomic E-state index is 11.4. The van der Waals surface area contributed by atoms with Crippen molar-refractivity contribution in [2.45, 2.75) is 13.0 Å². The average molecular weight is 257 g/mol. The highest BCUT2D eigenvalue weighted by Gasteiger charge is 2.19. The summed E-state index contributed by atoms with van der Waals surface area (Å²) in [7, 11) is 1.87. The van der Waals surface area contributed by atoms with Crippen molar-refractivity contribution in [3.05, 3.63) is 35.4 Å². The molecule has 0 aliphatic carbocycles. The number of amides is 1. The van der Waals surface area contributed by atoms with E-state index in [2.05, 4.69) is 15.4 Å². The number of nitrogens with zero attached hydrogens (tertiary/aromatic N) is 3. The Kier molecular flexibility index (Phi) is 2.79. The summed E-state index contributed by atoms with van der Waals surface area (Å²) in [4.78, 5) is 15.7. The first-order valence-corrected chi connectivity index (χ1v) is 6.17. The lowest BCUT2D eigenvalue weighted by atomic mass is 9.95. The van der Waals surface area contributed by atoms with Crippen LogP contribution in [0.3, 0.4) is 0 Å². The number of hydrogen-bond donors (Lipinski definition) is 2. The summed E-state index contributed by atoms with van der Waals surface area (Å²) in [6.07, 6.45) is 4.62. The topological polar surface area (TPSA) is 85.8 Å². The van der Waals surface area contributed by atoms with Gasteiger partial charge >= 0.3 is 0 Å². The minimum atomic E-state index is -0.501. The summed E-state index contributed by atoms with van der Waals surface area (Å²) in [5.41, 5.74) is 9.74. The predicted molar refractivity (Wildman–Crippen MR) is 70.4 cm³/mol. The largest absolute Gasteiger partial charge is 0.364 e. The second-order valence-electron chi connectivity index (χ2n) is 4.67. The van der Waals surface area contributed by atoms with Gasteiger partial charge in [0.15, 0.2) is 0 Å². The number of pyridine rings is 1. The third-order valence-corrected chi connectivity index (χ3v) is 3.32. The summed E-state index contributed by atoms with van der Waals surface area (Å²) in [6, 6.07) is 1.77. The zero-order chi connectivity index (χ0) is 13.4. The molecule has 0 atom stereocenters. The second kappa shape index (κ2) is 4.47. The van der Waals surface area contributed by atoms with Gasteiger partial charge < -0.3 is 11.1 Å². The zero-order valence-corrected chi connectivity index (χ0v) is 10.7. The van der Waals surface area contributed by atoms with Gasteiger partial charge in [-0.25, -0.2) is 4.98 Å². The van der Waals surface area contributed by atoms with Crippen LogP contribution in [0.4, 0.5) is 0 Å². The molecule has 3 rings (SSSR count). The third kappa shape index (κ3) is 2.10. The predicted octanol–water partition coefficient (Wildman–Crippen LogP) is 0.227. The van der Waals surface area contributed by atoms with Crippen molar-refractivity contribution in [2.75, 3.05) is 6.54 Å². The number of carbonyl (C=O) groups is 1. The molecule has 0 saturated heterocycles. The Balaban J connectivity index is 2.20. The van der Waals surface area contributed by atoms with Crippen LogP contribution in [0.1, 0.15) is 21.7 Å². The molecule has 1 aliphatic heterocycles. The first kappa shape index (κ1) is 11.9. The van der Waals surface area contributed by atoms with Crippen LogP contribution in [0.5, 0.6) is 0 Å². The lowest BCUT2D eigenvalue weighted by molar-refractivity contribution is 0.0995. The number of rotatable bonds is 2. The fourth-order valence-electron chi connectivity index (χ4n) is 2.41. The van der Waals surface area contributed by atoms with E-state index >= 15 is 0 Å². The molecule has 1 aliphatic rings. The van der Waals surface area contributed by atoms with Crippen molar-refractivity contribution in [2.24, 2.45) is 12.8 Å². The molecule has 3 heterocycles. The van der Waals surface area contributed by atoms with Crippen molar-refractivity contribution in [3.63, 3.8) is 0 Å². The molecular formula is C13H15N5O. The van der Waals surface area contributed by atoms with Crippen LogP contribution in [-0.4, -0.2) is 27.2 Å². The fraction of sp³-hybridized carbons (Fsp3) is 0.308. The van der Waals surface area contributed by atoms with Crippen molar-refractivity contribution < 1.29 is 4.79 Å². The average Bonchev–Trinajstić information content (AvgIpc) is 2.84. The van der Waals surface area contributed by atoms with E-state index in [-0.39, 0.29) is 0 Å². The van der Waals surface area contributed by atoms with Crippen molar-refractivity contribution in [1.82, 2.24) is 20.1 Å². The highest BCUT2D eigenvalue weighted by molar-refractivity contribution is 5.92. The van der Waals surface area contributed by atoms with E-state index in [9.17, 15) is 4.79 Å². The van der Waals surface area contributed by atoms with Gasteiger partial charge in [-0.05, 0) is 30.2 Å². The molecule has 0 unspecified atom stereocenters. The smallest absolute Gasteiger partial charge is 0.267 e. The lowest BCUT2D eigenvalue weighted by Gasteiger charge is -2.19. The Bertz CT molecular complexity index is 646. The van der Waals surface area contributed by atoms with E-state index in [1.165, 1.54) is 5.56 Å². The molecule has 2 aromatic heterocycles. The van der Waals surface area contributed by atoms with Crippen LogP contribution in [0.25, 0.3) is 11.1 Å². The van der Waals surface area contributed by atoms with Gasteiger partial charge in [0, 0.05) is 25.4 Å². The van der Waals surface area contributed by atoms with Crippen LogP contribution in [0, 0.1) is 0 Å². The maximum atomic E-state index is 11.4. The lowest BCUT2D eigenvalue weighted by Crippen LogP contribution is -2.27. The molecule has 19 heavy (non-hydrogen) atoms. The number of nitrogens with one attached hydrogen (secondary N) is 1. The number of hydrogen-bond acceptors (Lipinski definition) is 4. The number of carbonyl (C=O) groups excluding carboxylic acids is 1. The minimum absolute atomic E-state index is 0.307. The monoisotopic (exact) mass is 257 g/mol. The molecular weight excluding hydrogens is 242 g/mol. The second-order valence-corrected chi connectivity index (χ2v) is 4.67. The van der Waals surface area contributed by atoms with E-state index < -0.39 is 5.91 Å². The number of aromatic nitrogens is 3. The van der Waals surface area contributed by atoms with Gasteiger partial charge in [-0.1, -0.05) is 0 Å². The van der Waals surface area contributed by atoms with Crippen molar-refractivity contribution in [3.8, 4) is 11.1 Å². The maximum Gasteiger partial charge on any atom is 0.267 e. The van der Waals surface area contributed by atoms with Crippen molar-refractivity contribution >= 4 is 5.91 Å². The molecule has 1 amide bonds. The van der Waals surface area contributed by atoms with Crippen LogP contribution in [0.15, 0.2) is 18.5 Å². The van der Waals surface area contributed by atoms with Gasteiger partial charge in [0.1, 0.15) is 5.69 Å². The number of aryl methyl sites for hydroxylation is 1. The zero-order valence-electron chi connectivity index (χ0n) is 10.7. The molecule has 0 saturated carbocycles. The molecule has 0 radical (unpaired) electrons. The first-order chi connectivity index (χ1) is 9.15. The highest BCUT2D eigenvalue weighted by atomic mass is 16.1.